The molecule has 0 bridgehead atoms. The van der Waals surface area contributed by atoms with Gasteiger partial charge in [0.05, 0.1) is 0 Å². The van der Waals surface area contributed by atoms with E-state index in [1.807, 2.05) is 11.8 Å². The summed E-state index contributed by atoms with van der Waals surface area (Å²) in [4.78, 5) is 1.36. The Bertz CT molecular complexity index is 746. The second-order valence-electron chi connectivity index (χ2n) is 5.84. The lowest BCUT2D eigenvalue weighted by Gasteiger charge is -2.08. The first-order valence-corrected chi connectivity index (χ1v) is 9.89. The quantitative estimate of drug-likeness (QED) is 0.588. The lowest BCUT2D eigenvalue weighted by atomic mass is 10.2. The Labute approximate surface area is 144 Å². The summed E-state index contributed by atoms with van der Waals surface area (Å²) < 4.78 is 2.38. The van der Waals surface area contributed by atoms with E-state index < -0.39 is 0 Å². The molecule has 1 aliphatic carbocycles. The normalized spacial score (nSPS) is 14.3. The number of hydrogen-bond acceptors (Lipinski definition) is 4. The van der Waals surface area contributed by atoms with Gasteiger partial charge in [-0.3, -0.25) is 0 Å². The van der Waals surface area contributed by atoms with E-state index >= 15 is 0 Å². The van der Waals surface area contributed by atoms with E-state index in [1.54, 1.807) is 11.3 Å². The summed E-state index contributed by atoms with van der Waals surface area (Å²) in [6.07, 6.45) is 4.51. The Hall–Kier alpha value is -1.59. The molecule has 2 aromatic heterocycles. The standard InChI is InChI=1S/C18H19N3S2/c1-2-5-14(6-3-1)10-12-23-18-20-19-17(21(18)15-8-9-15)13-16-7-4-11-22-16/h1-7,11,15H,8-10,12-13H2. The van der Waals surface area contributed by atoms with Crippen LogP contribution < -0.4 is 0 Å². The first kappa shape index (κ1) is 15.0. The zero-order valence-electron chi connectivity index (χ0n) is 12.9. The van der Waals surface area contributed by atoms with Crippen LogP contribution in [0.4, 0.5) is 0 Å². The summed E-state index contributed by atoms with van der Waals surface area (Å²) in [6.45, 7) is 0. The van der Waals surface area contributed by atoms with Crippen LogP contribution in [0.5, 0.6) is 0 Å². The van der Waals surface area contributed by atoms with Crippen LogP contribution in [0.15, 0.2) is 53.0 Å². The minimum absolute atomic E-state index is 0.624. The molecule has 0 spiro atoms. The zero-order valence-corrected chi connectivity index (χ0v) is 14.5. The molecule has 23 heavy (non-hydrogen) atoms. The Morgan fingerprint density at radius 2 is 1.96 bits per heavy atom. The molecule has 118 valence electrons. The lowest BCUT2D eigenvalue weighted by Crippen LogP contribution is -2.04. The topological polar surface area (TPSA) is 30.7 Å². The maximum Gasteiger partial charge on any atom is 0.191 e. The third-order valence-electron chi connectivity index (χ3n) is 4.02. The molecule has 1 aliphatic rings. The van der Waals surface area contributed by atoms with Gasteiger partial charge in [-0.1, -0.05) is 48.2 Å². The van der Waals surface area contributed by atoms with Crippen LogP contribution in [0.25, 0.3) is 0 Å². The molecule has 0 amide bonds. The highest BCUT2D eigenvalue weighted by molar-refractivity contribution is 7.99. The molecule has 5 heteroatoms. The summed E-state index contributed by atoms with van der Waals surface area (Å²) in [5.41, 5.74) is 1.39. The van der Waals surface area contributed by atoms with Crippen molar-refractivity contribution in [2.45, 2.75) is 36.9 Å². The Kier molecular flexibility index (Phi) is 4.48. The number of hydrogen-bond donors (Lipinski definition) is 0. The van der Waals surface area contributed by atoms with Gasteiger partial charge in [0.15, 0.2) is 5.16 Å². The van der Waals surface area contributed by atoms with E-state index in [4.69, 9.17) is 0 Å². The summed E-state index contributed by atoms with van der Waals surface area (Å²) in [7, 11) is 0. The van der Waals surface area contributed by atoms with Gasteiger partial charge in [0.2, 0.25) is 0 Å². The van der Waals surface area contributed by atoms with Crippen LogP contribution in [0.1, 0.15) is 35.1 Å². The number of thiophene rings is 1. The predicted molar refractivity (Wildman–Crippen MR) is 96.3 cm³/mol. The maximum absolute atomic E-state index is 4.48. The van der Waals surface area contributed by atoms with Crippen LogP contribution in [-0.4, -0.2) is 20.5 Å². The van der Waals surface area contributed by atoms with Gasteiger partial charge in [-0.25, -0.2) is 0 Å². The minimum Gasteiger partial charge on any atom is -0.303 e. The maximum atomic E-state index is 4.48. The van der Waals surface area contributed by atoms with Crippen LogP contribution >= 0.6 is 23.1 Å². The number of aryl methyl sites for hydroxylation is 1. The average molecular weight is 342 g/mol. The number of rotatable bonds is 7. The number of thioether (sulfide) groups is 1. The lowest BCUT2D eigenvalue weighted by molar-refractivity contribution is 0.635. The molecule has 0 unspecified atom stereocenters. The van der Waals surface area contributed by atoms with Gasteiger partial charge in [0.1, 0.15) is 5.82 Å². The smallest absolute Gasteiger partial charge is 0.191 e. The van der Waals surface area contributed by atoms with Gasteiger partial charge < -0.3 is 4.57 Å². The highest BCUT2D eigenvalue weighted by atomic mass is 32.2. The Balaban J connectivity index is 1.44. The van der Waals surface area contributed by atoms with E-state index in [0.717, 1.165) is 29.6 Å². The van der Waals surface area contributed by atoms with Crippen LogP contribution in [0, 0.1) is 0 Å². The third kappa shape index (κ3) is 3.67. The largest absolute Gasteiger partial charge is 0.303 e. The van der Waals surface area contributed by atoms with E-state index in [0.29, 0.717) is 6.04 Å². The van der Waals surface area contributed by atoms with Crippen LogP contribution in [-0.2, 0) is 12.8 Å². The van der Waals surface area contributed by atoms with E-state index in [9.17, 15) is 0 Å². The van der Waals surface area contributed by atoms with Gasteiger partial charge >= 0.3 is 0 Å². The molecular formula is C18H19N3S2. The van der Waals surface area contributed by atoms with Crippen molar-refractivity contribution >= 4 is 23.1 Å². The molecule has 1 saturated carbocycles. The third-order valence-corrected chi connectivity index (χ3v) is 5.85. The molecule has 0 N–H and O–H groups in total. The molecule has 0 atom stereocenters. The molecule has 1 fully saturated rings. The van der Waals surface area contributed by atoms with Gasteiger partial charge in [-0.05, 0) is 36.3 Å². The minimum atomic E-state index is 0.624. The molecule has 3 nitrogen and oxygen atoms in total. The second-order valence-corrected chi connectivity index (χ2v) is 7.93. The molecule has 4 rings (SSSR count). The summed E-state index contributed by atoms with van der Waals surface area (Å²) in [5, 5.41) is 12.2. The fourth-order valence-corrected chi connectivity index (χ4v) is 4.41. The second kappa shape index (κ2) is 6.89. The molecule has 1 aromatic carbocycles. The highest BCUT2D eigenvalue weighted by Gasteiger charge is 2.29. The SMILES string of the molecule is c1ccc(CCSc2nnc(Cc3cccs3)n2C2CC2)cc1. The number of aromatic nitrogens is 3. The van der Waals surface area contributed by atoms with Crippen LogP contribution in [0.3, 0.4) is 0 Å². The number of nitrogens with zero attached hydrogens (tertiary/aromatic N) is 3. The molecule has 0 saturated heterocycles. The zero-order chi connectivity index (χ0) is 15.5. The first-order valence-electron chi connectivity index (χ1n) is 8.03. The Morgan fingerprint density at radius 3 is 2.70 bits per heavy atom. The van der Waals surface area contributed by atoms with Crippen molar-refractivity contribution in [1.82, 2.24) is 14.8 Å². The van der Waals surface area contributed by atoms with Crippen molar-refractivity contribution in [3.8, 4) is 0 Å². The van der Waals surface area contributed by atoms with Gasteiger partial charge in [-0.15, -0.1) is 21.5 Å². The monoisotopic (exact) mass is 341 g/mol. The van der Waals surface area contributed by atoms with Gasteiger partial charge in [0, 0.05) is 23.1 Å². The van der Waals surface area contributed by atoms with E-state index in [2.05, 4.69) is 62.6 Å². The molecular weight excluding hydrogens is 322 g/mol. The fourth-order valence-electron chi connectivity index (χ4n) is 2.70. The van der Waals surface area contributed by atoms with Crippen molar-refractivity contribution in [3.63, 3.8) is 0 Å². The predicted octanol–water partition coefficient (Wildman–Crippen LogP) is 4.60. The van der Waals surface area contributed by atoms with Crippen LogP contribution in [0.2, 0.25) is 0 Å². The number of benzene rings is 1. The molecule has 0 aliphatic heterocycles. The van der Waals surface area contributed by atoms with Gasteiger partial charge in [-0.2, -0.15) is 0 Å². The van der Waals surface area contributed by atoms with Gasteiger partial charge in [0.25, 0.3) is 0 Å². The molecule has 0 radical (unpaired) electrons. The van der Waals surface area contributed by atoms with E-state index in [-0.39, 0.29) is 0 Å². The first-order chi connectivity index (χ1) is 11.4. The van der Waals surface area contributed by atoms with Crippen molar-refractivity contribution in [2.75, 3.05) is 5.75 Å². The Morgan fingerprint density at radius 1 is 1.09 bits per heavy atom. The highest BCUT2D eigenvalue weighted by Crippen LogP contribution is 2.39. The average Bonchev–Trinajstić information content (AvgIpc) is 3.13. The molecule has 3 aromatic rings. The fraction of sp³-hybridized carbons (Fsp3) is 0.333. The summed E-state index contributed by atoms with van der Waals surface area (Å²) in [5.74, 6) is 2.17. The van der Waals surface area contributed by atoms with Crippen molar-refractivity contribution in [1.29, 1.82) is 0 Å². The van der Waals surface area contributed by atoms with Crippen molar-refractivity contribution in [2.24, 2.45) is 0 Å². The van der Waals surface area contributed by atoms with Crippen molar-refractivity contribution in [3.05, 3.63) is 64.1 Å². The van der Waals surface area contributed by atoms with Crippen molar-refractivity contribution < 1.29 is 0 Å². The summed E-state index contributed by atoms with van der Waals surface area (Å²) in [6, 6.07) is 15.6. The molecule has 2 heterocycles. The van der Waals surface area contributed by atoms with E-state index in [1.165, 1.54) is 23.3 Å². The summed E-state index contributed by atoms with van der Waals surface area (Å²) >= 11 is 3.63.